The van der Waals surface area contributed by atoms with Crippen LogP contribution >= 0.6 is 0 Å². The third-order valence-electron chi connectivity index (χ3n) is 2.29. The van der Waals surface area contributed by atoms with E-state index in [0.29, 0.717) is 0 Å². The van der Waals surface area contributed by atoms with Crippen LogP contribution in [0.1, 0.15) is 13.8 Å². The summed E-state index contributed by atoms with van der Waals surface area (Å²) in [6.07, 6.45) is 11.3. The minimum absolute atomic E-state index is 0.911. The predicted molar refractivity (Wildman–Crippen MR) is 75.3 cm³/mol. The van der Waals surface area contributed by atoms with Gasteiger partial charge in [0.05, 0.1) is 0 Å². The van der Waals surface area contributed by atoms with Gasteiger partial charge in [-0.2, -0.15) is 0 Å². The summed E-state index contributed by atoms with van der Waals surface area (Å²) in [5.74, 6) is 0. The Morgan fingerprint density at radius 1 is 1.06 bits per heavy atom. The van der Waals surface area contributed by atoms with Gasteiger partial charge in [0.25, 0.3) is 0 Å². The smallest absolute Gasteiger partial charge is 0.0155 e. The highest BCUT2D eigenvalue weighted by Gasteiger charge is 2.03. The molecule has 0 amide bonds. The maximum atomic E-state index is 3.94. The van der Waals surface area contributed by atoms with Crippen LogP contribution in [-0.2, 0) is 0 Å². The molecule has 0 bridgehead atoms. The minimum atomic E-state index is 0.911. The molecule has 84 valence electrons. The first-order valence-electron chi connectivity index (χ1n) is 5.23. The van der Waals surface area contributed by atoms with Crippen molar-refractivity contribution in [1.82, 2.24) is 0 Å². The molecule has 0 aromatic carbocycles. The summed E-state index contributed by atoms with van der Waals surface area (Å²) in [5.41, 5.74) is 4.13. The van der Waals surface area contributed by atoms with Crippen molar-refractivity contribution in [3.05, 3.63) is 85.1 Å². The Balaban J connectivity index is 5.64. The van der Waals surface area contributed by atoms with Crippen LogP contribution in [0.25, 0.3) is 0 Å². The van der Waals surface area contributed by atoms with Gasteiger partial charge in [-0.3, -0.25) is 0 Å². The third-order valence-corrected chi connectivity index (χ3v) is 2.29. The summed E-state index contributed by atoms with van der Waals surface area (Å²) >= 11 is 0. The van der Waals surface area contributed by atoms with Crippen LogP contribution in [0.4, 0.5) is 0 Å². The standard InChI is InChI=1S/C16H20/c1-7-11-15(12-8-2)16(10-4)14(6)13(5)9-3/h7-12H,1,3-5H2,2,6H3/b12-8-,15-11+,16-14-. The molecule has 16 heavy (non-hydrogen) atoms. The van der Waals surface area contributed by atoms with Crippen molar-refractivity contribution in [2.24, 2.45) is 0 Å². The Bertz CT molecular complexity index is 384. The molecule has 0 heteroatoms. The van der Waals surface area contributed by atoms with E-state index in [2.05, 4.69) is 26.3 Å². The van der Waals surface area contributed by atoms with Crippen LogP contribution in [0, 0.1) is 0 Å². The zero-order chi connectivity index (χ0) is 12.6. The van der Waals surface area contributed by atoms with Gasteiger partial charge >= 0.3 is 0 Å². The van der Waals surface area contributed by atoms with Gasteiger partial charge in [-0.05, 0) is 36.1 Å². The van der Waals surface area contributed by atoms with E-state index in [1.54, 1.807) is 12.2 Å². The monoisotopic (exact) mass is 212 g/mol. The van der Waals surface area contributed by atoms with Gasteiger partial charge in [-0.15, -0.1) is 0 Å². The van der Waals surface area contributed by atoms with Crippen LogP contribution in [0.15, 0.2) is 85.1 Å². The molecule has 0 rings (SSSR count). The van der Waals surface area contributed by atoms with Crippen molar-refractivity contribution in [2.75, 3.05) is 0 Å². The topological polar surface area (TPSA) is 0 Å². The number of hydrogen-bond acceptors (Lipinski definition) is 0. The van der Waals surface area contributed by atoms with Crippen LogP contribution in [0.5, 0.6) is 0 Å². The van der Waals surface area contributed by atoms with E-state index in [0.717, 1.165) is 22.3 Å². The van der Waals surface area contributed by atoms with Crippen molar-refractivity contribution < 1.29 is 0 Å². The second-order valence-electron chi connectivity index (χ2n) is 3.33. The Hall–Kier alpha value is -1.82. The molecule has 0 atom stereocenters. The molecule has 0 saturated carbocycles. The average Bonchev–Trinajstić information content (AvgIpc) is 2.29. The summed E-state index contributed by atoms with van der Waals surface area (Å²) in [6, 6.07) is 0. The van der Waals surface area contributed by atoms with Crippen molar-refractivity contribution in [2.45, 2.75) is 13.8 Å². The zero-order valence-electron chi connectivity index (χ0n) is 10.3. The molecule has 0 aromatic heterocycles. The number of hydrogen-bond donors (Lipinski definition) is 0. The lowest BCUT2D eigenvalue weighted by Gasteiger charge is -2.09. The third kappa shape index (κ3) is 3.74. The Morgan fingerprint density at radius 2 is 1.69 bits per heavy atom. The van der Waals surface area contributed by atoms with E-state index in [4.69, 9.17) is 0 Å². The summed E-state index contributed by atoms with van der Waals surface area (Å²) in [6.45, 7) is 19.2. The average molecular weight is 212 g/mol. The highest BCUT2D eigenvalue weighted by atomic mass is 14.1. The summed E-state index contributed by atoms with van der Waals surface area (Å²) in [4.78, 5) is 0. The van der Waals surface area contributed by atoms with E-state index in [1.165, 1.54) is 0 Å². The fraction of sp³-hybridized carbons (Fsp3) is 0.125. The van der Waals surface area contributed by atoms with Crippen LogP contribution in [0.2, 0.25) is 0 Å². The lowest BCUT2D eigenvalue weighted by molar-refractivity contribution is 1.36. The first-order chi connectivity index (χ1) is 7.62. The van der Waals surface area contributed by atoms with Gasteiger partial charge in [0.15, 0.2) is 0 Å². The SMILES string of the molecule is C=C/C=C(\C=C/C)C(/C=C)=C(/C)C(=C)C=C. The van der Waals surface area contributed by atoms with Crippen molar-refractivity contribution >= 4 is 0 Å². The largest absolute Gasteiger partial charge is 0.0990 e. The summed E-state index contributed by atoms with van der Waals surface area (Å²) in [5, 5.41) is 0. The molecule has 0 aliphatic heterocycles. The van der Waals surface area contributed by atoms with Gasteiger partial charge in [0, 0.05) is 0 Å². The van der Waals surface area contributed by atoms with E-state index >= 15 is 0 Å². The van der Waals surface area contributed by atoms with Crippen molar-refractivity contribution in [3.8, 4) is 0 Å². The fourth-order valence-electron chi connectivity index (χ4n) is 1.36. The van der Waals surface area contributed by atoms with Crippen molar-refractivity contribution in [1.29, 1.82) is 0 Å². The fourth-order valence-corrected chi connectivity index (χ4v) is 1.36. The van der Waals surface area contributed by atoms with Gasteiger partial charge in [0.2, 0.25) is 0 Å². The molecule has 0 nitrogen and oxygen atoms in total. The van der Waals surface area contributed by atoms with E-state index in [1.807, 2.05) is 38.2 Å². The van der Waals surface area contributed by atoms with Crippen LogP contribution in [0.3, 0.4) is 0 Å². The molecule has 0 N–H and O–H groups in total. The lowest BCUT2D eigenvalue weighted by Crippen LogP contribution is -1.90. The molecule has 0 aliphatic carbocycles. The van der Waals surface area contributed by atoms with Crippen LogP contribution < -0.4 is 0 Å². The molecule has 0 aliphatic rings. The van der Waals surface area contributed by atoms with Crippen LogP contribution in [-0.4, -0.2) is 0 Å². The molecule has 0 saturated heterocycles. The lowest BCUT2D eigenvalue weighted by atomic mass is 9.95. The number of allylic oxidation sites excluding steroid dienone is 10. The van der Waals surface area contributed by atoms with Gasteiger partial charge in [-0.25, -0.2) is 0 Å². The summed E-state index contributed by atoms with van der Waals surface area (Å²) < 4.78 is 0. The Kier molecular flexibility index (Phi) is 6.62. The quantitative estimate of drug-likeness (QED) is 0.548. The molecule has 0 radical (unpaired) electrons. The molecule has 0 spiro atoms. The second kappa shape index (κ2) is 7.47. The van der Waals surface area contributed by atoms with Gasteiger partial charge in [-0.1, -0.05) is 62.8 Å². The van der Waals surface area contributed by atoms with E-state index in [-0.39, 0.29) is 0 Å². The molecular weight excluding hydrogens is 192 g/mol. The second-order valence-corrected chi connectivity index (χ2v) is 3.33. The van der Waals surface area contributed by atoms with Gasteiger partial charge in [0.1, 0.15) is 0 Å². The Labute approximate surface area is 99.4 Å². The first kappa shape index (κ1) is 14.2. The van der Waals surface area contributed by atoms with E-state index in [9.17, 15) is 0 Å². The molecule has 0 aromatic rings. The predicted octanol–water partition coefficient (Wildman–Crippen LogP) is 4.92. The van der Waals surface area contributed by atoms with E-state index < -0.39 is 0 Å². The molecule has 0 heterocycles. The molecule has 0 unspecified atom stereocenters. The molecular formula is C16H20. The highest BCUT2D eigenvalue weighted by Crippen LogP contribution is 2.22. The molecule has 0 fully saturated rings. The van der Waals surface area contributed by atoms with Gasteiger partial charge < -0.3 is 0 Å². The summed E-state index contributed by atoms with van der Waals surface area (Å²) in [7, 11) is 0. The Morgan fingerprint density at radius 3 is 2.06 bits per heavy atom. The number of rotatable bonds is 6. The maximum absolute atomic E-state index is 3.94. The zero-order valence-corrected chi connectivity index (χ0v) is 10.3. The maximum Gasteiger partial charge on any atom is -0.0155 e. The minimum Gasteiger partial charge on any atom is -0.0990 e. The highest BCUT2D eigenvalue weighted by molar-refractivity contribution is 5.55. The normalized spacial score (nSPS) is 13.2. The van der Waals surface area contributed by atoms with Crippen molar-refractivity contribution in [3.63, 3.8) is 0 Å². The first-order valence-corrected chi connectivity index (χ1v) is 5.23.